The number of nitrogen functional groups attached to an aromatic ring is 1. The zero-order chi connectivity index (χ0) is 14.5. The van der Waals surface area contributed by atoms with Crippen LogP contribution in [0.4, 0.5) is 5.82 Å². The molecule has 20 heavy (non-hydrogen) atoms. The largest absolute Gasteiger partial charge is 0.308 e. The van der Waals surface area contributed by atoms with Crippen molar-refractivity contribution in [3.05, 3.63) is 46.8 Å². The number of aromatic nitrogens is 2. The van der Waals surface area contributed by atoms with E-state index in [2.05, 4.69) is 46.6 Å². The van der Waals surface area contributed by atoms with Crippen LogP contribution in [0.1, 0.15) is 29.4 Å². The number of nitrogens with two attached hydrogens (primary N) is 1. The van der Waals surface area contributed by atoms with Crippen molar-refractivity contribution in [1.82, 2.24) is 9.97 Å². The number of rotatable bonds is 5. The first kappa shape index (κ1) is 14.8. The van der Waals surface area contributed by atoms with Crippen LogP contribution in [0.15, 0.2) is 29.3 Å². The van der Waals surface area contributed by atoms with Crippen LogP contribution in [0, 0.1) is 13.8 Å². The molecule has 0 aliphatic rings. The summed E-state index contributed by atoms with van der Waals surface area (Å²) in [6, 6.07) is 8.42. The first-order chi connectivity index (χ1) is 9.65. The molecule has 0 fully saturated rings. The Balaban J connectivity index is 2.23. The van der Waals surface area contributed by atoms with Gasteiger partial charge in [-0.05, 0) is 25.0 Å². The molecule has 0 aliphatic heterocycles. The Kier molecular flexibility index (Phi) is 4.98. The number of hydrazine groups is 1. The van der Waals surface area contributed by atoms with E-state index in [-0.39, 0.29) is 0 Å². The summed E-state index contributed by atoms with van der Waals surface area (Å²) in [6.07, 6.45) is 0.798. The Bertz CT molecular complexity index is 598. The maximum absolute atomic E-state index is 5.52. The Morgan fingerprint density at radius 3 is 2.60 bits per heavy atom. The highest BCUT2D eigenvalue weighted by molar-refractivity contribution is 7.98. The smallest absolute Gasteiger partial charge is 0.147 e. The molecule has 5 heteroatoms. The number of hydrogen-bond donors (Lipinski definition) is 2. The van der Waals surface area contributed by atoms with Crippen molar-refractivity contribution in [3.8, 4) is 0 Å². The zero-order valence-corrected chi connectivity index (χ0v) is 12.9. The molecule has 0 atom stereocenters. The van der Waals surface area contributed by atoms with Gasteiger partial charge in [0.2, 0.25) is 0 Å². The number of benzene rings is 1. The van der Waals surface area contributed by atoms with E-state index in [0.717, 1.165) is 28.6 Å². The molecule has 2 rings (SSSR count). The van der Waals surface area contributed by atoms with Gasteiger partial charge in [0.25, 0.3) is 0 Å². The van der Waals surface area contributed by atoms with Crippen LogP contribution >= 0.6 is 11.8 Å². The fraction of sp³-hybridized carbons (Fsp3) is 0.333. The van der Waals surface area contributed by atoms with Gasteiger partial charge in [0, 0.05) is 17.7 Å². The van der Waals surface area contributed by atoms with Gasteiger partial charge < -0.3 is 5.43 Å². The predicted molar refractivity (Wildman–Crippen MR) is 84.7 cm³/mol. The van der Waals surface area contributed by atoms with E-state index in [1.807, 2.05) is 13.8 Å². The minimum atomic E-state index is 0.712. The number of nitrogens with zero attached hydrogens (tertiary/aromatic N) is 2. The van der Waals surface area contributed by atoms with Gasteiger partial charge in [-0.1, -0.05) is 31.2 Å². The minimum absolute atomic E-state index is 0.712. The summed E-state index contributed by atoms with van der Waals surface area (Å²) in [4.78, 5) is 8.98. The topological polar surface area (TPSA) is 63.8 Å². The van der Waals surface area contributed by atoms with Gasteiger partial charge in [0.15, 0.2) is 0 Å². The first-order valence-corrected chi connectivity index (χ1v) is 7.65. The lowest BCUT2D eigenvalue weighted by molar-refractivity contribution is 0.871. The Labute approximate surface area is 124 Å². The zero-order valence-electron chi connectivity index (χ0n) is 12.1. The van der Waals surface area contributed by atoms with E-state index in [9.17, 15) is 0 Å². The monoisotopic (exact) mass is 288 g/mol. The second kappa shape index (κ2) is 6.72. The number of aryl methyl sites for hydroxylation is 2. The Morgan fingerprint density at radius 1 is 1.20 bits per heavy atom. The third-order valence-corrected chi connectivity index (χ3v) is 4.35. The van der Waals surface area contributed by atoms with Crippen molar-refractivity contribution in [2.45, 2.75) is 38.0 Å². The van der Waals surface area contributed by atoms with Gasteiger partial charge in [-0.25, -0.2) is 15.8 Å². The predicted octanol–water partition coefficient (Wildman–Crippen LogP) is 3.23. The van der Waals surface area contributed by atoms with Crippen LogP contribution in [0.5, 0.6) is 0 Å². The minimum Gasteiger partial charge on any atom is -0.308 e. The maximum atomic E-state index is 5.52. The molecule has 4 nitrogen and oxygen atoms in total. The third kappa shape index (κ3) is 3.29. The molecule has 3 N–H and O–H groups in total. The van der Waals surface area contributed by atoms with Crippen molar-refractivity contribution in [2.24, 2.45) is 5.84 Å². The van der Waals surface area contributed by atoms with E-state index in [1.165, 1.54) is 11.1 Å². The maximum Gasteiger partial charge on any atom is 0.147 e. The third-order valence-electron chi connectivity index (χ3n) is 3.23. The molecule has 0 spiro atoms. The van der Waals surface area contributed by atoms with Crippen LogP contribution in [-0.4, -0.2) is 9.97 Å². The van der Waals surface area contributed by atoms with Crippen LogP contribution in [0.3, 0.4) is 0 Å². The molecule has 0 aliphatic carbocycles. The van der Waals surface area contributed by atoms with Gasteiger partial charge in [-0.15, -0.1) is 11.8 Å². The summed E-state index contributed by atoms with van der Waals surface area (Å²) >= 11 is 1.73. The van der Waals surface area contributed by atoms with E-state index in [0.29, 0.717) is 5.82 Å². The van der Waals surface area contributed by atoms with Crippen LogP contribution in [-0.2, 0) is 12.2 Å². The summed E-state index contributed by atoms with van der Waals surface area (Å²) in [5.74, 6) is 7.95. The number of hydrogen-bond acceptors (Lipinski definition) is 5. The quantitative estimate of drug-likeness (QED) is 0.383. The van der Waals surface area contributed by atoms with Crippen LogP contribution < -0.4 is 11.3 Å². The van der Waals surface area contributed by atoms with Gasteiger partial charge in [-0.2, -0.15) is 0 Å². The molecule has 1 aromatic heterocycles. The molecular weight excluding hydrogens is 268 g/mol. The summed E-state index contributed by atoms with van der Waals surface area (Å²) in [5.41, 5.74) is 6.29. The van der Waals surface area contributed by atoms with Gasteiger partial charge in [0.05, 0.1) is 0 Å². The molecule has 0 bridgehead atoms. The molecule has 0 radical (unpaired) electrons. The summed E-state index contributed by atoms with van der Waals surface area (Å²) in [5, 5.41) is 0.994. The molecule has 106 valence electrons. The van der Waals surface area contributed by atoms with Gasteiger partial charge in [-0.3, -0.25) is 0 Å². The highest BCUT2D eigenvalue weighted by atomic mass is 32.2. The lowest BCUT2D eigenvalue weighted by Crippen LogP contribution is -2.13. The SMILES string of the molecule is CCc1nc(NN)c(C)c(SCc2ccccc2C)n1. The number of nitrogens with one attached hydrogen (secondary N) is 1. The molecule has 0 amide bonds. The molecule has 1 aromatic carbocycles. The van der Waals surface area contributed by atoms with E-state index >= 15 is 0 Å². The lowest BCUT2D eigenvalue weighted by atomic mass is 10.1. The van der Waals surface area contributed by atoms with Crippen LogP contribution in [0.2, 0.25) is 0 Å². The van der Waals surface area contributed by atoms with Crippen molar-refractivity contribution in [3.63, 3.8) is 0 Å². The number of thioether (sulfide) groups is 1. The average molecular weight is 288 g/mol. The van der Waals surface area contributed by atoms with E-state index in [4.69, 9.17) is 5.84 Å². The summed E-state index contributed by atoms with van der Waals surface area (Å²) < 4.78 is 0. The normalized spacial score (nSPS) is 10.6. The second-order valence-corrected chi connectivity index (χ2v) is 5.60. The second-order valence-electron chi connectivity index (χ2n) is 4.63. The molecule has 1 heterocycles. The van der Waals surface area contributed by atoms with Crippen molar-refractivity contribution in [1.29, 1.82) is 0 Å². The standard InChI is InChI=1S/C15H20N4S/c1-4-13-17-14(19-16)11(3)15(18-13)20-9-12-8-6-5-7-10(12)2/h5-8H,4,9,16H2,1-3H3,(H,17,18,19). The summed E-state index contributed by atoms with van der Waals surface area (Å²) in [6.45, 7) is 6.17. The fourth-order valence-electron chi connectivity index (χ4n) is 1.90. The van der Waals surface area contributed by atoms with Crippen molar-refractivity contribution in [2.75, 3.05) is 5.43 Å². The molecular formula is C15H20N4S. The molecule has 0 unspecified atom stereocenters. The first-order valence-electron chi connectivity index (χ1n) is 6.67. The number of anilines is 1. The molecule has 2 aromatic rings. The Hall–Kier alpha value is -1.59. The van der Waals surface area contributed by atoms with Crippen molar-refractivity contribution >= 4 is 17.6 Å². The lowest BCUT2D eigenvalue weighted by Gasteiger charge is -2.11. The molecule has 0 saturated carbocycles. The van der Waals surface area contributed by atoms with Gasteiger partial charge >= 0.3 is 0 Å². The van der Waals surface area contributed by atoms with Crippen LogP contribution in [0.25, 0.3) is 0 Å². The highest BCUT2D eigenvalue weighted by Crippen LogP contribution is 2.28. The fourth-order valence-corrected chi connectivity index (χ4v) is 3.00. The highest BCUT2D eigenvalue weighted by Gasteiger charge is 2.10. The molecule has 0 saturated heterocycles. The van der Waals surface area contributed by atoms with E-state index < -0.39 is 0 Å². The van der Waals surface area contributed by atoms with Gasteiger partial charge in [0.1, 0.15) is 16.7 Å². The van der Waals surface area contributed by atoms with Crippen molar-refractivity contribution < 1.29 is 0 Å². The summed E-state index contributed by atoms with van der Waals surface area (Å²) in [7, 11) is 0. The average Bonchev–Trinajstić information content (AvgIpc) is 2.47. The Morgan fingerprint density at radius 2 is 1.95 bits per heavy atom. The van der Waals surface area contributed by atoms with E-state index in [1.54, 1.807) is 11.8 Å².